The molecule has 1 heterocycles. The van der Waals surface area contributed by atoms with Gasteiger partial charge in [-0.25, -0.2) is 9.59 Å². The molecule has 0 radical (unpaired) electrons. The summed E-state index contributed by atoms with van der Waals surface area (Å²) in [6, 6.07) is 13.2. The molecule has 0 fully saturated rings. The Morgan fingerprint density at radius 3 is 2.55 bits per heavy atom. The lowest BCUT2D eigenvalue weighted by Gasteiger charge is -2.10. The van der Waals surface area contributed by atoms with E-state index in [9.17, 15) is 14.4 Å². The van der Waals surface area contributed by atoms with Gasteiger partial charge in [0.15, 0.2) is 6.73 Å². The smallest absolute Gasteiger partial charge is 0.339 e. The summed E-state index contributed by atoms with van der Waals surface area (Å²) in [7, 11) is 0. The van der Waals surface area contributed by atoms with Crippen LogP contribution in [-0.2, 0) is 18.0 Å². The fourth-order valence-corrected chi connectivity index (χ4v) is 2.57. The minimum Gasteiger partial charge on any atom is -0.439 e. The number of ether oxygens (including phenoxy) is 1. The summed E-state index contributed by atoms with van der Waals surface area (Å²) in [6.45, 7) is 3.74. The first-order valence-electron chi connectivity index (χ1n) is 9.07. The molecule has 9 nitrogen and oxygen atoms in total. The molecule has 3 aromatic rings. The maximum absolute atomic E-state index is 12.3. The lowest BCUT2D eigenvalue weighted by molar-refractivity contribution is 0.0336. The molecule has 0 saturated carbocycles. The predicted octanol–water partition coefficient (Wildman–Crippen LogP) is 1.81. The van der Waals surface area contributed by atoms with E-state index in [2.05, 4.69) is 20.9 Å². The van der Waals surface area contributed by atoms with Crippen molar-refractivity contribution in [2.75, 3.05) is 0 Å². The summed E-state index contributed by atoms with van der Waals surface area (Å²) in [6.07, 6.45) is 0. The Morgan fingerprint density at radius 2 is 1.83 bits per heavy atom. The zero-order chi connectivity index (χ0) is 20.8. The molecule has 0 aliphatic rings. The largest absolute Gasteiger partial charge is 0.439 e. The maximum atomic E-state index is 12.3. The van der Waals surface area contributed by atoms with E-state index in [1.54, 1.807) is 48.5 Å². The third-order valence-electron chi connectivity index (χ3n) is 4.01. The van der Waals surface area contributed by atoms with Crippen LogP contribution in [0.15, 0.2) is 53.3 Å². The highest BCUT2D eigenvalue weighted by Gasteiger charge is 2.10. The van der Waals surface area contributed by atoms with E-state index in [1.165, 1.54) is 0 Å². The molecule has 0 atom stereocenters. The van der Waals surface area contributed by atoms with Crippen LogP contribution >= 0.6 is 0 Å². The first kappa shape index (κ1) is 20.0. The Bertz CT molecular complexity index is 1080. The van der Waals surface area contributed by atoms with Crippen molar-refractivity contribution < 1.29 is 14.3 Å². The van der Waals surface area contributed by atoms with Crippen molar-refractivity contribution in [1.29, 1.82) is 0 Å². The van der Waals surface area contributed by atoms with Gasteiger partial charge in [0.2, 0.25) is 0 Å². The number of carbonyl (C=O) groups excluding carboxylic acids is 2. The standard InChI is InChI=1S/C20H21N5O4/c1-13(2)22-20(28)21-11-14-7-9-15(10-8-14)19(27)29-12-25-18(26)16-5-3-4-6-17(16)23-24-25/h3-10,13H,11-12H2,1-2H3,(H2,21,22,28). The van der Waals surface area contributed by atoms with E-state index in [0.717, 1.165) is 10.2 Å². The van der Waals surface area contributed by atoms with Gasteiger partial charge in [0.05, 0.1) is 10.9 Å². The molecule has 0 saturated heterocycles. The van der Waals surface area contributed by atoms with Crippen molar-refractivity contribution in [2.45, 2.75) is 33.2 Å². The van der Waals surface area contributed by atoms with Crippen LogP contribution < -0.4 is 16.2 Å². The highest BCUT2D eigenvalue weighted by Crippen LogP contribution is 2.07. The molecule has 2 amide bonds. The highest BCUT2D eigenvalue weighted by molar-refractivity contribution is 5.89. The normalized spacial score (nSPS) is 10.7. The van der Waals surface area contributed by atoms with Gasteiger partial charge in [-0.3, -0.25) is 4.79 Å². The monoisotopic (exact) mass is 395 g/mol. The first-order chi connectivity index (χ1) is 13.9. The third kappa shape index (κ3) is 5.16. The quantitative estimate of drug-likeness (QED) is 0.615. The first-order valence-corrected chi connectivity index (χ1v) is 9.07. The zero-order valence-electron chi connectivity index (χ0n) is 16.1. The Balaban J connectivity index is 1.58. The second kappa shape index (κ2) is 8.96. The summed E-state index contributed by atoms with van der Waals surface area (Å²) < 4.78 is 6.16. The molecule has 0 unspecified atom stereocenters. The van der Waals surface area contributed by atoms with Gasteiger partial charge in [-0.05, 0) is 43.7 Å². The van der Waals surface area contributed by atoms with Gasteiger partial charge < -0.3 is 15.4 Å². The molecule has 150 valence electrons. The lowest BCUT2D eigenvalue weighted by atomic mass is 10.1. The van der Waals surface area contributed by atoms with Crippen LogP contribution in [0.3, 0.4) is 0 Å². The van der Waals surface area contributed by atoms with Crippen LogP contribution in [0.4, 0.5) is 4.79 Å². The SMILES string of the molecule is CC(C)NC(=O)NCc1ccc(C(=O)OCn2nnc3ccccc3c2=O)cc1. The molecule has 2 N–H and O–H groups in total. The molecule has 3 rings (SSSR count). The fraction of sp³-hybridized carbons (Fsp3) is 0.250. The van der Waals surface area contributed by atoms with Crippen LogP contribution in [0.25, 0.3) is 10.9 Å². The van der Waals surface area contributed by atoms with Crippen LogP contribution in [0.2, 0.25) is 0 Å². The number of hydrogen-bond donors (Lipinski definition) is 2. The molecule has 9 heteroatoms. The molecule has 2 aromatic carbocycles. The van der Waals surface area contributed by atoms with Gasteiger partial charge in [-0.15, -0.1) is 5.10 Å². The number of amides is 2. The van der Waals surface area contributed by atoms with Gasteiger partial charge in [-0.2, -0.15) is 4.68 Å². The van der Waals surface area contributed by atoms with E-state index < -0.39 is 5.97 Å². The van der Waals surface area contributed by atoms with Gasteiger partial charge in [0.25, 0.3) is 5.56 Å². The Hall–Kier alpha value is -3.75. The Kier molecular flexibility index (Phi) is 6.18. The van der Waals surface area contributed by atoms with Crippen molar-refractivity contribution in [3.05, 3.63) is 70.0 Å². The number of urea groups is 1. The second-order valence-electron chi connectivity index (χ2n) is 6.65. The molecule has 0 spiro atoms. The minimum absolute atomic E-state index is 0.0481. The lowest BCUT2D eigenvalue weighted by Crippen LogP contribution is -2.39. The molecule has 0 bridgehead atoms. The number of esters is 1. The summed E-state index contributed by atoms with van der Waals surface area (Å²) in [4.78, 5) is 36.2. The maximum Gasteiger partial charge on any atom is 0.339 e. The van der Waals surface area contributed by atoms with E-state index >= 15 is 0 Å². The number of hydrogen-bond acceptors (Lipinski definition) is 6. The molecule has 0 aliphatic carbocycles. The summed E-state index contributed by atoms with van der Waals surface area (Å²) >= 11 is 0. The van der Waals surface area contributed by atoms with Crippen molar-refractivity contribution >= 4 is 22.9 Å². The molecule has 0 aliphatic heterocycles. The highest BCUT2D eigenvalue weighted by atomic mass is 16.5. The second-order valence-corrected chi connectivity index (χ2v) is 6.65. The number of fused-ring (bicyclic) bond motifs is 1. The third-order valence-corrected chi connectivity index (χ3v) is 4.01. The van der Waals surface area contributed by atoms with Crippen molar-refractivity contribution in [3.63, 3.8) is 0 Å². The average molecular weight is 395 g/mol. The number of rotatable bonds is 6. The van der Waals surface area contributed by atoms with Crippen molar-refractivity contribution in [1.82, 2.24) is 25.6 Å². The summed E-state index contributed by atoms with van der Waals surface area (Å²) in [5.41, 5.74) is 1.25. The van der Waals surface area contributed by atoms with E-state index in [1.807, 2.05) is 13.8 Å². The number of nitrogens with zero attached hydrogens (tertiary/aromatic N) is 3. The van der Waals surface area contributed by atoms with Crippen molar-refractivity contribution in [3.8, 4) is 0 Å². The van der Waals surface area contributed by atoms with Gasteiger partial charge in [-0.1, -0.05) is 29.5 Å². The molecular weight excluding hydrogens is 374 g/mol. The van der Waals surface area contributed by atoms with Crippen LogP contribution in [0.1, 0.15) is 29.8 Å². The van der Waals surface area contributed by atoms with E-state index in [-0.39, 0.29) is 24.4 Å². The van der Waals surface area contributed by atoms with Gasteiger partial charge >= 0.3 is 12.0 Å². The number of benzene rings is 2. The van der Waals surface area contributed by atoms with Crippen LogP contribution in [0, 0.1) is 0 Å². The van der Waals surface area contributed by atoms with E-state index in [0.29, 0.717) is 23.0 Å². The zero-order valence-corrected chi connectivity index (χ0v) is 16.1. The predicted molar refractivity (Wildman–Crippen MR) is 106 cm³/mol. The fourth-order valence-electron chi connectivity index (χ4n) is 2.57. The van der Waals surface area contributed by atoms with Crippen LogP contribution in [0.5, 0.6) is 0 Å². The molecule has 29 heavy (non-hydrogen) atoms. The topological polar surface area (TPSA) is 115 Å². The molecular formula is C20H21N5O4. The number of aromatic nitrogens is 3. The van der Waals surface area contributed by atoms with E-state index in [4.69, 9.17) is 4.74 Å². The number of nitrogens with one attached hydrogen (secondary N) is 2. The molecule has 1 aromatic heterocycles. The minimum atomic E-state index is -0.594. The van der Waals surface area contributed by atoms with Crippen molar-refractivity contribution in [2.24, 2.45) is 0 Å². The summed E-state index contributed by atoms with van der Waals surface area (Å²) in [5.74, 6) is -0.594. The number of carbonyl (C=O) groups is 2. The summed E-state index contributed by atoms with van der Waals surface area (Å²) in [5, 5.41) is 13.6. The Morgan fingerprint density at radius 1 is 1.10 bits per heavy atom. The average Bonchev–Trinajstić information content (AvgIpc) is 2.71. The van der Waals surface area contributed by atoms with Crippen LogP contribution in [-0.4, -0.2) is 33.0 Å². The van der Waals surface area contributed by atoms with Gasteiger partial charge in [0.1, 0.15) is 5.52 Å². The Labute approximate surface area is 166 Å². The van der Waals surface area contributed by atoms with Gasteiger partial charge in [0, 0.05) is 12.6 Å².